The average Bonchev–Trinajstić information content (AvgIpc) is 2.55. The van der Waals surface area contributed by atoms with E-state index in [0.29, 0.717) is 45.8 Å². The number of hydrogen-bond donors (Lipinski definition) is 1. The fourth-order valence-corrected chi connectivity index (χ4v) is 2.58. The fraction of sp³-hybridized carbons (Fsp3) is 0.529. The topological polar surface area (TPSA) is 61.9 Å². The Kier molecular flexibility index (Phi) is 6.26. The van der Waals surface area contributed by atoms with E-state index in [4.69, 9.17) is 4.74 Å². The maximum atomic E-state index is 12.2. The molecule has 1 aliphatic rings. The van der Waals surface area contributed by atoms with Gasteiger partial charge in [0.25, 0.3) is 0 Å². The number of aryl methyl sites for hydroxylation is 1. The summed E-state index contributed by atoms with van der Waals surface area (Å²) in [6.45, 7) is 7.04. The number of hydrogen-bond acceptors (Lipinski definition) is 4. The van der Waals surface area contributed by atoms with Gasteiger partial charge in [-0.05, 0) is 31.5 Å². The van der Waals surface area contributed by atoms with Crippen molar-refractivity contribution in [1.29, 1.82) is 0 Å². The number of amides is 2. The van der Waals surface area contributed by atoms with E-state index >= 15 is 0 Å². The SMILES string of the molecule is CCOC(=O)N1CCN(C(=O)CCNc2cccc(C)c2)CC1. The van der Waals surface area contributed by atoms with E-state index in [1.54, 1.807) is 11.8 Å². The Bertz CT molecular complexity index is 540. The van der Waals surface area contributed by atoms with Crippen LogP contribution in [0, 0.1) is 6.92 Å². The molecule has 23 heavy (non-hydrogen) atoms. The highest BCUT2D eigenvalue weighted by Gasteiger charge is 2.24. The van der Waals surface area contributed by atoms with Crippen LogP contribution in [0.5, 0.6) is 0 Å². The van der Waals surface area contributed by atoms with Crippen LogP contribution < -0.4 is 5.32 Å². The monoisotopic (exact) mass is 319 g/mol. The first-order valence-corrected chi connectivity index (χ1v) is 8.10. The molecule has 0 unspecified atom stereocenters. The van der Waals surface area contributed by atoms with Gasteiger partial charge in [0.15, 0.2) is 0 Å². The van der Waals surface area contributed by atoms with Gasteiger partial charge in [0.05, 0.1) is 6.61 Å². The van der Waals surface area contributed by atoms with Crippen LogP contribution in [0.4, 0.5) is 10.5 Å². The molecule has 1 saturated heterocycles. The zero-order valence-corrected chi connectivity index (χ0v) is 13.9. The Morgan fingerprint density at radius 1 is 1.17 bits per heavy atom. The van der Waals surface area contributed by atoms with E-state index in [-0.39, 0.29) is 12.0 Å². The quantitative estimate of drug-likeness (QED) is 0.903. The summed E-state index contributed by atoms with van der Waals surface area (Å²) in [5, 5.41) is 3.27. The van der Waals surface area contributed by atoms with E-state index in [0.717, 1.165) is 5.69 Å². The van der Waals surface area contributed by atoms with Crippen molar-refractivity contribution in [3.63, 3.8) is 0 Å². The second kappa shape index (κ2) is 8.41. The van der Waals surface area contributed by atoms with Crippen molar-refractivity contribution >= 4 is 17.7 Å². The Morgan fingerprint density at radius 2 is 1.87 bits per heavy atom. The standard InChI is InChI=1S/C17H25N3O3/c1-3-23-17(22)20-11-9-19(10-12-20)16(21)7-8-18-15-6-4-5-14(2)13-15/h4-6,13,18H,3,7-12H2,1-2H3. The number of nitrogens with one attached hydrogen (secondary N) is 1. The molecule has 0 radical (unpaired) electrons. The van der Waals surface area contributed by atoms with Crippen LogP contribution in [0.2, 0.25) is 0 Å². The minimum atomic E-state index is -0.291. The van der Waals surface area contributed by atoms with Crippen molar-refractivity contribution in [3.8, 4) is 0 Å². The second-order valence-corrected chi connectivity index (χ2v) is 5.61. The lowest BCUT2D eigenvalue weighted by Crippen LogP contribution is -2.50. The molecule has 6 nitrogen and oxygen atoms in total. The van der Waals surface area contributed by atoms with Gasteiger partial charge in [-0.1, -0.05) is 12.1 Å². The van der Waals surface area contributed by atoms with Crippen molar-refractivity contribution in [2.45, 2.75) is 20.3 Å². The van der Waals surface area contributed by atoms with E-state index in [1.807, 2.05) is 30.0 Å². The summed E-state index contributed by atoms with van der Waals surface area (Å²) in [6, 6.07) is 8.09. The number of carbonyl (C=O) groups excluding carboxylic acids is 2. The van der Waals surface area contributed by atoms with Gasteiger partial charge in [0.1, 0.15) is 0 Å². The van der Waals surface area contributed by atoms with Crippen LogP contribution in [-0.2, 0) is 9.53 Å². The van der Waals surface area contributed by atoms with Crippen LogP contribution >= 0.6 is 0 Å². The number of anilines is 1. The predicted octanol–water partition coefficient (Wildman–Crippen LogP) is 2.10. The molecule has 1 aromatic carbocycles. The van der Waals surface area contributed by atoms with E-state index in [9.17, 15) is 9.59 Å². The molecule has 126 valence electrons. The fourth-order valence-electron chi connectivity index (χ4n) is 2.58. The van der Waals surface area contributed by atoms with Gasteiger partial charge in [-0.2, -0.15) is 0 Å². The third-order valence-corrected chi connectivity index (χ3v) is 3.84. The molecule has 2 rings (SSSR count). The molecule has 6 heteroatoms. The van der Waals surface area contributed by atoms with Gasteiger partial charge in [0, 0.05) is 44.8 Å². The number of nitrogens with zero attached hydrogens (tertiary/aromatic N) is 2. The van der Waals surface area contributed by atoms with Gasteiger partial charge in [0.2, 0.25) is 5.91 Å². The molecule has 2 amide bonds. The maximum absolute atomic E-state index is 12.2. The largest absolute Gasteiger partial charge is 0.450 e. The normalized spacial score (nSPS) is 14.5. The van der Waals surface area contributed by atoms with Crippen molar-refractivity contribution in [1.82, 2.24) is 9.80 Å². The maximum Gasteiger partial charge on any atom is 0.409 e. The number of benzene rings is 1. The molecular formula is C17H25N3O3. The highest BCUT2D eigenvalue weighted by atomic mass is 16.6. The van der Waals surface area contributed by atoms with Crippen LogP contribution in [-0.4, -0.2) is 61.1 Å². The average molecular weight is 319 g/mol. The highest BCUT2D eigenvalue weighted by molar-refractivity contribution is 5.77. The summed E-state index contributed by atoms with van der Waals surface area (Å²) in [4.78, 5) is 27.3. The van der Waals surface area contributed by atoms with Gasteiger partial charge in [-0.3, -0.25) is 4.79 Å². The molecular weight excluding hydrogens is 294 g/mol. The molecule has 0 bridgehead atoms. The lowest BCUT2D eigenvalue weighted by atomic mass is 10.2. The number of carbonyl (C=O) groups is 2. The van der Waals surface area contributed by atoms with Crippen LogP contribution in [0.15, 0.2) is 24.3 Å². The third kappa shape index (κ3) is 5.16. The first kappa shape index (κ1) is 17.1. The Balaban J connectivity index is 1.70. The summed E-state index contributed by atoms with van der Waals surface area (Å²) < 4.78 is 4.97. The first-order chi connectivity index (χ1) is 11.1. The zero-order valence-electron chi connectivity index (χ0n) is 13.9. The van der Waals surface area contributed by atoms with E-state index in [2.05, 4.69) is 11.4 Å². The summed E-state index contributed by atoms with van der Waals surface area (Å²) in [6.07, 6.45) is 0.161. The Hall–Kier alpha value is -2.24. The molecule has 0 saturated carbocycles. The van der Waals surface area contributed by atoms with Crippen molar-refractivity contribution in [2.75, 3.05) is 44.6 Å². The Morgan fingerprint density at radius 3 is 2.52 bits per heavy atom. The summed E-state index contributed by atoms with van der Waals surface area (Å²) in [7, 11) is 0. The number of piperazine rings is 1. The second-order valence-electron chi connectivity index (χ2n) is 5.61. The van der Waals surface area contributed by atoms with Crippen LogP contribution in [0.1, 0.15) is 18.9 Å². The predicted molar refractivity (Wildman–Crippen MR) is 89.5 cm³/mol. The van der Waals surface area contributed by atoms with E-state index < -0.39 is 0 Å². The summed E-state index contributed by atoms with van der Waals surface area (Å²) in [5.41, 5.74) is 2.22. The smallest absolute Gasteiger partial charge is 0.409 e. The molecule has 1 N–H and O–H groups in total. The van der Waals surface area contributed by atoms with E-state index in [1.165, 1.54) is 5.56 Å². The molecule has 0 atom stereocenters. The summed E-state index contributed by atoms with van der Waals surface area (Å²) >= 11 is 0. The van der Waals surface area contributed by atoms with Crippen LogP contribution in [0.3, 0.4) is 0 Å². The van der Waals surface area contributed by atoms with Gasteiger partial charge in [-0.15, -0.1) is 0 Å². The van der Waals surface area contributed by atoms with Gasteiger partial charge < -0.3 is 19.9 Å². The lowest BCUT2D eigenvalue weighted by molar-refractivity contribution is -0.132. The molecule has 1 fully saturated rings. The third-order valence-electron chi connectivity index (χ3n) is 3.84. The Labute approximate surface area is 137 Å². The number of ether oxygens (including phenoxy) is 1. The van der Waals surface area contributed by atoms with Crippen molar-refractivity contribution in [3.05, 3.63) is 29.8 Å². The summed E-state index contributed by atoms with van der Waals surface area (Å²) in [5.74, 6) is 0.119. The molecule has 0 aliphatic carbocycles. The van der Waals surface area contributed by atoms with Crippen molar-refractivity contribution in [2.24, 2.45) is 0 Å². The molecule has 0 aromatic heterocycles. The van der Waals surface area contributed by atoms with Crippen LogP contribution in [0.25, 0.3) is 0 Å². The highest BCUT2D eigenvalue weighted by Crippen LogP contribution is 2.10. The molecule has 0 spiro atoms. The van der Waals surface area contributed by atoms with Gasteiger partial charge >= 0.3 is 6.09 Å². The van der Waals surface area contributed by atoms with Gasteiger partial charge in [-0.25, -0.2) is 4.79 Å². The number of rotatable bonds is 5. The first-order valence-electron chi connectivity index (χ1n) is 8.10. The van der Waals surface area contributed by atoms with Crippen molar-refractivity contribution < 1.29 is 14.3 Å². The zero-order chi connectivity index (χ0) is 16.7. The molecule has 1 aliphatic heterocycles. The molecule has 1 aromatic rings. The lowest BCUT2D eigenvalue weighted by Gasteiger charge is -2.34. The molecule has 1 heterocycles. The minimum absolute atomic E-state index is 0.119. The minimum Gasteiger partial charge on any atom is -0.450 e.